The van der Waals surface area contributed by atoms with E-state index in [9.17, 15) is 9.90 Å². The van der Waals surface area contributed by atoms with Gasteiger partial charge in [-0.15, -0.1) is 0 Å². The van der Waals surface area contributed by atoms with Crippen molar-refractivity contribution in [2.75, 3.05) is 13.7 Å². The summed E-state index contributed by atoms with van der Waals surface area (Å²) in [5, 5.41) is 12.3. The molecule has 2 N–H and O–H groups in total. The van der Waals surface area contributed by atoms with Crippen molar-refractivity contribution in [3.8, 4) is 5.75 Å². The number of aryl methyl sites for hydroxylation is 1. The Morgan fingerprint density at radius 1 is 1.13 bits per heavy atom. The van der Waals surface area contributed by atoms with Crippen molar-refractivity contribution in [1.82, 2.24) is 5.32 Å². The fourth-order valence-electron chi connectivity index (χ4n) is 2.43. The molecule has 1 unspecified atom stereocenters. The van der Waals surface area contributed by atoms with Gasteiger partial charge in [0.1, 0.15) is 5.75 Å². The van der Waals surface area contributed by atoms with Gasteiger partial charge in [-0.2, -0.15) is 0 Å². The first-order valence-corrected chi connectivity index (χ1v) is 7.81. The molecule has 0 aliphatic carbocycles. The fraction of sp³-hybridized carbons (Fsp3) is 0.316. The van der Waals surface area contributed by atoms with Crippen LogP contribution >= 0.6 is 0 Å². The van der Waals surface area contributed by atoms with Crippen LogP contribution in [-0.4, -0.2) is 24.7 Å². The fourth-order valence-corrected chi connectivity index (χ4v) is 2.43. The lowest BCUT2D eigenvalue weighted by Crippen LogP contribution is -2.30. The number of aliphatic hydroxyl groups is 1. The largest absolute Gasteiger partial charge is 0.497 e. The molecule has 122 valence electrons. The number of nitrogens with one attached hydrogen (secondary N) is 1. The lowest BCUT2D eigenvalue weighted by Gasteiger charge is -2.16. The summed E-state index contributed by atoms with van der Waals surface area (Å²) >= 11 is 0. The van der Waals surface area contributed by atoms with Crippen molar-refractivity contribution in [2.24, 2.45) is 0 Å². The maximum Gasteiger partial charge on any atom is 0.220 e. The van der Waals surface area contributed by atoms with E-state index in [2.05, 4.69) is 5.32 Å². The maximum absolute atomic E-state index is 12.0. The molecule has 0 aliphatic rings. The minimum atomic E-state index is -0.343. The van der Waals surface area contributed by atoms with Crippen LogP contribution in [0.2, 0.25) is 0 Å². The SMILES string of the molecule is COc1ccc(CCCC(=O)NC(CO)c2ccccc2)cc1. The Hall–Kier alpha value is -2.33. The second-order valence-electron chi connectivity index (χ2n) is 5.41. The van der Waals surface area contributed by atoms with E-state index in [1.807, 2.05) is 54.6 Å². The van der Waals surface area contributed by atoms with Crippen LogP contribution in [-0.2, 0) is 11.2 Å². The van der Waals surface area contributed by atoms with Crippen LogP contribution in [0.4, 0.5) is 0 Å². The summed E-state index contributed by atoms with van der Waals surface area (Å²) < 4.78 is 5.12. The van der Waals surface area contributed by atoms with Crippen molar-refractivity contribution in [2.45, 2.75) is 25.3 Å². The molecule has 23 heavy (non-hydrogen) atoms. The quantitative estimate of drug-likeness (QED) is 0.788. The summed E-state index contributed by atoms with van der Waals surface area (Å²) in [7, 11) is 1.64. The van der Waals surface area contributed by atoms with Gasteiger partial charge in [0.25, 0.3) is 0 Å². The van der Waals surface area contributed by atoms with E-state index in [-0.39, 0.29) is 18.6 Å². The Labute approximate surface area is 137 Å². The molecular weight excluding hydrogens is 290 g/mol. The van der Waals surface area contributed by atoms with Crippen LogP contribution in [0.3, 0.4) is 0 Å². The number of carbonyl (C=O) groups excluding carboxylic acids is 1. The standard InChI is InChI=1S/C19H23NO3/c1-23-17-12-10-15(11-13-17)6-5-9-19(22)20-18(14-21)16-7-3-2-4-8-16/h2-4,7-8,10-13,18,21H,5-6,9,14H2,1H3,(H,20,22). The van der Waals surface area contributed by atoms with E-state index in [0.717, 1.165) is 24.2 Å². The molecule has 0 aliphatic heterocycles. The molecule has 0 heterocycles. The second kappa shape index (κ2) is 8.96. The highest BCUT2D eigenvalue weighted by atomic mass is 16.5. The monoisotopic (exact) mass is 313 g/mol. The predicted octanol–water partition coefficient (Wildman–Crippen LogP) is 2.87. The highest BCUT2D eigenvalue weighted by Crippen LogP contribution is 2.14. The van der Waals surface area contributed by atoms with Gasteiger partial charge in [0, 0.05) is 6.42 Å². The predicted molar refractivity (Wildman–Crippen MR) is 90.3 cm³/mol. The average Bonchev–Trinajstić information content (AvgIpc) is 2.61. The minimum absolute atomic E-state index is 0.0404. The number of rotatable bonds is 8. The number of carbonyl (C=O) groups is 1. The third kappa shape index (κ3) is 5.42. The Balaban J connectivity index is 1.77. The molecule has 1 atom stereocenters. The van der Waals surface area contributed by atoms with E-state index in [0.29, 0.717) is 6.42 Å². The second-order valence-corrected chi connectivity index (χ2v) is 5.41. The van der Waals surface area contributed by atoms with E-state index in [1.54, 1.807) is 7.11 Å². The summed E-state index contributed by atoms with van der Waals surface area (Å²) in [6, 6.07) is 17.0. The molecule has 0 radical (unpaired) electrons. The summed E-state index contributed by atoms with van der Waals surface area (Å²) in [6.07, 6.45) is 2.05. The topological polar surface area (TPSA) is 58.6 Å². The van der Waals surface area contributed by atoms with Crippen LogP contribution in [0.15, 0.2) is 54.6 Å². The van der Waals surface area contributed by atoms with Crippen LogP contribution in [0.5, 0.6) is 5.75 Å². The summed E-state index contributed by atoms with van der Waals surface area (Å²) in [5.41, 5.74) is 2.10. The van der Waals surface area contributed by atoms with Gasteiger partial charge in [-0.25, -0.2) is 0 Å². The molecule has 2 aromatic rings. The zero-order valence-electron chi connectivity index (χ0n) is 13.4. The molecule has 0 aromatic heterocycles. The first-order valence-electron chi connectivity index (χ1n) is 7.81. The summed E-state index contributed by atoms with van der Waals surface area (Å²) in [4.78, 5) is 12.0. The summed E-state index contributed by atoms with van der Waals surface area (Å²) in [5.74, 6) is 0.793. The number of ether oxygens (including phenoxy) is 1. The minimum Gasteiger partial charge on any atom is -0.497 e. The van der Waals surface area contributed by atoms with Gasteiger partial charge in [-0.1, -0.05) is 42.5 Å². The molecule has 0 saturated heterocycles. The van der Waals surface area contributed by atoms with E-state index >= 15 is 0 Å². The zero-order chi connectivity index (χ0) is 16.5. The number of hydrogen-bond donors (Lipinski definition) is 2. The van der Waals surface area contributed by atoms with E-state index in [4.69, 9.17) is 4.74 Å². The van der Waals surface area contributed by atoms with Crippen LogP contribution < -0.4 is 10.1 Å². The van der Waals surface area contributed by atoms with Crippen LogP contribution in [0, 0.1) is 0 Å². The summed E-state index contributed by atoms with van der Waals surface area (Å²) in [6.45, 7) is -0.103. The van der Waals surface area contributed by atoms with Crippen LogP contribution in [0.1, 0.15) is 30.0 Å². The first-order chi connectivity index (χ1) is 11.2. The van der Waals surface area contributed by atoms with Gasteiger partial charge in [0.05, 0.1) is 19.8 Å². The van der Waals surface area contributed by atoms with Crippen molar-refractivity contribution >= 4 is 5.91 Å². The van der Waals surface area contributed by atoms with Gasteiger partial charge in [0.15, 0.2) is 0 Å². The molecule has 0 bridgehead atoms. The Morgan fingerprint density at radius 3 is 2.43 bits per heavy atom. The molecule has 2 aromatic carbocycles. The molecule has 1 amide bonds. The van der Waals surface area contributed by atoms with Gasteiger partial charge in [0.2, 0.25) is 5.91 Å². The Morgan fingerprint density at radius 2 is 1.83 bits per heavy atom. The maximum atomic E-state index is 12.0. The number of aliphatic hydroxyl groups excluding tert-OH is 1. The highest BCUT2D eigenvalue weighted by molar-refractivity contribution is 5.76. The molecule has 0 saturated carbocycles. The highest BCUT2D eigenvalue weighted by Gasteiger charge is 2.12. The average molecular weight is 313 g/mol. The zero-order valence-corrected chi connectivity index (χ0v) is 13.4. The molecule has 2 rings (SSSR count). The number of hydrogen-bond acceptors (Lipinski definition) is 3. The number of methoxy groups -OCH3 is 1. The molecule has 0 fully saturated rings. The molecular formula is C19H23NO3. The first kappa shape index (κ1) is 17.0. The van der Waals surface area contributed by atoms with Crippen LogP contribution in [0.25, 0.3) is 0 Å². The van der Waals surface area contributed by atoms with E-state index < -0.39 is 0 Å². The Kier molecular flexibility index (Phi) is 6.63. The molecule has 4 nitrogen and oxygen atoms in total. The normalized spacial score (nSPS) is 11.7. The lowest BCUT2D eigenvalue weighted by atomic mass is 10.1. The third-order valence-electron chi connectivity index (χ3n) is 3.75. The number of benzene rings is 2. The number of amides is 1. The van der Waals surface area contributed by atoms with Crippen molar-refractivity contribution in [3.05, 3.63) is 65.7 Å². The van der Waals surface area contributed by atoms with Crippen molar-refractivity contribution in [1.29, 1.82) is 0 Å². The Bertz CT molecular complexity index is 596. The van der Waals surface area contributed by atoms with Crippen molar-refractivity contribution in [3.63, 3.8) is 0 Å². The smallest absolute Gasteiger partial charge is 0.220 e. The lowest BCUT2D eigenvalue weighted by molar-refractivity contribution is -0.122. The van der Waals surface area contributed by atoms with Gasteiger partial charge in [-0.05, 0) is 36.1 Å². The molecule has 0 spiro atoms. The van der Waals surface area contributed by atoms with E-state index in [1.165, 1.54) is 5.56 Å². The van der Waals surface area contributed by atoms with Gasteiger partial charge >= 0.3 is 0 Å². The van der Waals surface area contributed by atoms with Gasteiger partial charge in [-0.3, -0.25) is 4.79 Å². The molecule has 4 heteroatoms. The van der Waals surface area contributed by atoms with Crippen molar-refractivity contribution < 1.29 is 14.6 Å². The third-order valence-corrected chi connectivity index (χ3v) is 3.75. The van der Waals surface area contributed by atoms with Gasteiger partial charge < -0.3 is 15.2 Å².